The normalized spacial score (nSPS) is 9.40. The van der Waals surface area contributed by atoms with Gasteiger partial charge in [0.25, 0.3) is 0 Å². The van der Waals surface area contributed by atoms with E-state index in [1.165, 1.54) is 0 Å². The first-order valence-corrected chi connectivity index (χ1v) is 3.11. The number of carboxylic acids is 3. The van der Waals surface area contributed by atoms with Crippen LogP contribution in [0.2, 0.25) is 0 Å². The van der Waals surface area contributed by atoms with Gasteiger partial charge in [-0.05, 0) is 0 Å². The molecule has 0 saturated heterocycles. The minimum Gasteiger partial charge on any atom is -0.550 e. The number of quaternary nitrogens is 1. The number of rotatable bonds is 5. The smallest absolute Gasteiger partial charge is 0.114 e. The van der Waals surface area contributed by atoms with Crippen molar-refractivity contribution in [3.8, 4) is 0 Å². The zero-order valence-corrected chi connectivity index (χ0v) is 11.4. The van der Waals surface area contributed by atoms with E-state index in [2.05, 4.69) is 0 Å². The van der Waals surface area contributed by atoms with E-state index < -0.39 is 36.4 Å². The van der Waals surface area contributed by atoms with Crippen LogP contribution in [0.4, 0.5) is 0 Å². The molecule has 0 aromatic carbocycles. The number of carbonyl (C=O) groups is 3. The minimum absolute atomic E-state index is 0. The van der Waals surface area contributed by atoms with Crippen molar-refractivity contribution < 1.29 is 60.7 Å². The topological polar surface area (TPSA) is 177 Å². The van der Waals surface area contributed by atoms with E-state index >= 15 is 0 Å². The molecular formula is C6H9HfNO7-2. The van der Waals surface area contributed by atoms with Gasteiger partial charge < -0.3 is 41.0 Å². The van der Waals surface area contributed by atoms with Gasteiger partial charge in [-0.2, -0.15) is 0 Å². The van der Waals surface area contributed by atoms with Gasteiger partial charge in [0.05, 0.1) is 5.97 Å². The quantitative estimate of drug-likeness (QED) is 0.445. The molecule has 15 heavy (non-hydrogen) atoms. The predicted molar refractivity (Wildman–Crippen MR) is 35.2 cm³/mol. The summed E-state index contributed by atoms with van der Waals surface area (Å²) < 4.78 is 0. The SMILES string of the molecule is O=C([O-])CC(O)(CC(=O)[O-])C(=O)[O-].[Hf].[NH4+]. The third kappa shape index (κ3) is 7.17. The molecule has 0 aliphatic heterocycles. The second kappa shape index (κ2) is 7.49. The van der Waals surface area contributed by atoms with Crippen LogP contribution in [0, 0.1) is 0 Å². The minimum atomic E-state index is -2.97. The average Bonchev–Trinajstić information content (AvgIpc) is 1.82. The van der Waals surface area contributed by atoms with Crippen LogP contribution in [-0.4, -0.2) is 28.6 Å². The van der Waals surface area contributed by atoms with Gasteiger partial charge >= 0.3 is 0 Å². The predicted octanol–water partition coefficient (Wildman–Crippen LogP) is -4.88. The van der Waals surface area contributed by atoms with Gasteiger partial charge in [-0.1, -0.05) is 0 Å². The van der Waals surface area contributed by atoms with E-state index in [0.717, 1.165) is 0 Å². The fourth-order valence-electron chi connectivity index (χ4n) is 0.684. The van der Waals surface area contributed by atoms with E-state index in [0.29, 0.717) is 0 Å². The summed E-state index contributed by atoms with van der Waals surface area (Å²) in [6, 6.07) is 0. The summed E-state index contributed by atoms with van der Waals surface area (Å²) in [5, 5.41) is 38.9. The van der Waals surface area contributed by atoms with Crippen LogP contribution in [0.15, 0.2) is 0 Å². The molecule has 0 atom stereocenters. The molecule has 5 N–H and O–H groups in total. The summed E-state index contributed by atoms with van der Waals surface area (Å²) in [5.74, 6) is -5.98. The van der Waals surface area contributed by atoms with Gasteiger partial charge in [0, 0.05) is 50.6 Å². The van der Waals surface area contributed by atoms with Crippen molar-refractivity contribution in [1.82, 2.24) is 6.15 Å². The maximum absolute atomic E-state index is 10.1. The zero-order chi connectivity index (χ0) is 10.6. The molecule has 0 aromatic rings. The fourth-order valence-corrected chi connectivity index (χ4v) is 0.684. The standard InChI is InChI=1S/C6H8O7.Hf.H3N/c7-3(8)1-6(13,5(11)12)2-4(9)10;;/h13H,1-2H2,(H,7,8)(H,9,10)(H,11,12);;1H3/p-2. The summed E-state index contributed by atoms with van der Waals surface area (Å²) in [5.41, 5.74) is -2.97. The average molecular weight is 386 g/mol. The van der Waals surface area contributed by atoms with Crippen LogP contribution in [0.5, 0.6) is 0 Å². The molecule has 0 aromatic heterocycles. The summed E-state index contributed by atoms with van der Waals surface area (Å²) >= 11 is 0. The maximum Gasteiger partial charge on any atom is 0.114 e. The van der Waals surface area contributed by atoms with Crippen LogP contribution in [0.3, 0.4) is 0 Å². The number of hydrogen-bond acceptors (Lipinski definition) is 7. The van der Waals surface area contributed by atoms with Crippen molar-refractivity contribution >= 4 is 17.9 Å². The molecule has 0 bridgehead atoms. The molecule has 0 spiro atoms. The first-order chi connectivity index (χ1) is 5.78. The van der Waals surface area contributed by atoms with Gasteiger partial charge in [0.15, 0.2) is 0 Å². The van der Waals surface area contributed by atoms with Crippen molar-refractivity contribution in [2.45, 2.75) is 18.4 Å². The van der Waals surface area contributed by atoms with E-state index in [1.54, 1.807) is 0 Å². The van der Waals surface area contributed by atoms with Gasteiger partial charge in [0.2, 0.25) is 0 Å². The van der Waals surface area contributed by atoms with Crippen LogP contribution in [-0.2, 0) is 40.2 Å². The van der Waals surface area contributed by atoms with Crippen molar-refractivity contribution in [3.63, 3.8) is 0 Å². The monoisotopic (exact) mass is 387 g/mol. The molecule has 0 heterocycles. The van der Waals surface area contributed by atoms with E-state index in [-0.39, 0.29) is 32.0 Å². The molecule has 8 nitrogen and oxygen atoms in total. The second-order valence-electron chi connectivity index (χ2n) is 2.42. The molecule has 0 aliphatic carbocycles. The Bertz CT molecular complexity index is 238. The van der Waals surface area contributed by atoms with Gasteiger partial charge in [-0.15, -0.1) is 0 Å². The molecule has 0 unspecified atom stereocenters. The van der Waals surface area contributed by atoms with Crippen molar-refractivity contribution in [1.29, 1.82) is 0 Å². The number of hydrogen-bond donors (Lipinski definition) is 2. The molecule has 0 fully saturated rings. The third-order valence-electron chi connectivity index (χ3n) is 1.25. The second-order valence-corrected chi connectivity index (χ2v) is 2.42. The Hall–Kier alpha value is -0.800. The number of aliphatic hydroxyl groups is 1. The zero-order valence-electron chi connectivity index (χ0n) is 7.81. The van der Waals surface area contributed by atoms with Crippen LogP contribution in [0.1, 0.15) is 12.8 Å². The van der Waals surface area contributed by atoms with E-state index in [9.17, 15) is 29.7 Å². The van der Waals surface area contributed by atoms with Crippen molar-refractivity contribution in [2.24, 2.45) is 0 Å². The molecule has 86 valence electrons. The Morgan fingerprint density at radius 3 is 1.40 bits per heavy atom. The maximum atomic E-state index is 10.1. The van der Waals surface area contributed by atoms with Gasteiger partial charge in [-0.25, -0.2) is 0 Å². The Morgan fingerprint density at radius 1 is 1.00 bits per heavy atom. The van der Waals surface area contributed by atoms with Crippen molar-refractivity contribution in [3.05, 3.63) is 0 Å². The Kier molecular flexibility index (Phi) is 9.84. The van der Waals surface area contributed by atoms with Gasteiger partial charge in [-0.3, -0.25) is 0 Å². The van der Waals surface area contributed by atoms with Gasteiger partial charge in [0.1, 0.15) is 5.60 Å². The third-order valence-corrected chi connectivity index (χ3v) is 1.25. The summed E-state index contributed by atoms with van der Waals surface area (Å²) in [6.07, 6.45) is -2.72. The fraction of sp³-hybridized carbons (Fsp3) is 0.500. The Balaban J connectivity index is -0.000000720. The largest absolute Gasteiger partial charge is 0.550 e. The Morgan fingerprint density at radius 2 is 1.27 bits per heavy atom. The summed E-state index contributed by atoms with van der Waals surface area (Å²) in [4.78, 5) is 30.0. The molecule has 0 aliphatic rings. The summed E-state index contributed by atoms with van der Waals surface area (Å²) in [6.45, 7) is 0. The molecule has 0 amide bonds. The number of carbonyl (C=O) groups excluding carboxylic acids is 3. The molecule has 0 rings (SSSR count). The first-order valence-electron chi connectivity index (χ1n) is 3.11. The van der Waals surface area contributed by atoms with Crippen LogP contribution < -0.4 is 21.5 Å². The number of aliphatic carboxylic acids is 3. The van der Waals surface area contributed by atoms with Crippen molar-refractivity contribution in [2.75, 3.05) is 0 Å². The number of carboxylic acid groups (broad SMARTS) is 3. The Labute approximate surface area is 103 Å². The van der Waals surface area contributed by atoms with Crippen LogP contribution in [0.25, 0.3) is 0 Å². The molecule has 0 saturated carbocycles. The summed E-state index contributed by atoms with van der Waals surface area (Å²) in [7, 11) is 0. The molecule has 9 heteroatoms. The first kappa shape index (κ1) is 19.7. The van der Waals surface area contributed by atoms with E-state index in [1.807, 2.05) is 0 Å². The van der Waals surface area contributed by atoms with Crippen LogP contribution >= 0.6 is 0 Å². The molecule has 0 radical (unpaired) electrons. The van der Waals surface area contributed by atoms with E-state index in [4.69, 9.17) is 5.11 Å². The molecular weight excluding hydrogens is 377 g/mol.